The lowest BCUT2D eigenvalue weighted by Crippen LogP contribution is -2.07. The predicted molar refractivity (Wildman–Crippen MR) is 62.2 cm³/mol. The van der Waals surface area contributed by atoms with Crippen LogP contribution >= 0.6 is 0 Å². The maximum atomic E-state index is 9.91. The third-order valence-electron chi connectivity index (χ3n) is 2.96. The Labute approximate surface area is 92.1 Å². The summed E-state index contributed by atoms with van der Waals surface area (Å²) in [4.78, 5) is 0. The molecule has 1 aromatic heterocycles. The summed E-state index contributed by atoms with van der Waals surface area (Å²) in [6.45, 7) is 8.34. The highest BCUT2D eigenvalue weighted by atomic mass is 16.3. The summed E-state index contributed by atoms with van der Waals surface area (Å²) in [7, 11) is 0. The van der Waals surface area contributed by atoms with E-state index in [0.717, 1.165) is 37.1 Å². The van der Waals surface area contributed by atoms with E-state index in [1.54, 1.807) is 0 Å². The van der Waals surface area contributed by atoms with E-state index >= 15 is 0 Å². The molecule has 0 spiro atoms. The smallest absolute Gasteiger partial charge is 0.159 e. The summed E-state index contributed by atoms with van der Waals surface area (Å²) in [6, 6.07) is 0.367. The Balaban J connectivity index is 2.91. The molecule has 0 saturated carbocycles. The normalized spacial score (nSPS) is 13.1. The van der Waals surface area contributed by atoms with Crippen molar-refractivity contribution in [1.82, 2.24) is 9.78 Å². The Bertz CT molecular complexity index is 318. The van der Waals surface area contributed by atoms with Crippen molar-refractivity contribution >= 4 is 0 Å². The van der Waals surface area contributed by atoms with Crippen molar-refractivity contribution in [2.75, 3.05) is 0 Å². The number of aromatic nitrogens is 2. The number of aryl methyl sites for hydroxylation is 1. The Morgan fingerprint density at radius 1 is 1.40 bits per heavy atom. The first-order valence-electron chi connectivity index (χ1n) is 5.88. The van der Waals surface area contributed by atoms with Crippen LogP contribution < -0.4 is 0 Å². The molecule has 0 saturated heterocycles. The van der Waals surface area contributed by atoms with Crippen LogP contribution in [0.25, 0.3) is 0 Å². The van der Waals surface area contributed by atoms with Crippen LogP contribution in [0.4, 0.5) is 0 Å². The lowest BCUT2D eigenvalue weighted by Gasteiger charge is -2.10. The molecule has 0 aliphatic heterocycles. The molecule has 0 aliphatic carbocycles. The van der Waals surface area contributed by atoms with Crippen molar-refractivity contribution in [2.24, 2.45) is 0 Å². The van der Waals surface area contributed by atoms with Gasteiger partial charge in [0.05, 0.1) is 5.69 Å². The summed E-state index contributed by atoms with van der Waals surface area (Å²) in [5.74, 6) is 0.392. The SMILES string of the molecule is CCCCc1nn(C(C)CC)c(C)c1O. The van der Waals surface area contributed by atoms with Crippen LogP contribution in [0.15, 0.2) is 0 Å². The third kappa shape index (κ3) is 2.52. The molecule has 0 amide bonds. The number of hydrogen-bond acceptors (Lipinski definition) is 2. The van der Waals surface area contributed by atoms with Gasteiger partial charge in [-0.15, -0.1) is 0 Å². The van der Waals surface area contributed by atoms with Crippen molar-refractivity contribution in [2.45, 2.75) is 59.4 Å². The van der Waals surface area contributed by atoms with Gasteiger partial charge in [0.1, 0.15) is 5.69 Å². The molecule has 1 heterocycles. The predicted octanol–water partition coefficient (Wildman–Crippen LogP) is 3.21. The maximum Gasteiger partial charge on any atom is 0.159 e. The molecule has 0 radical (unpaired) electrons. The maximum absolute atomic E-state index is 9.91. The van der Waals surface area contributed by atoms with Crippen LogP contribution in [0.3, 0.4) is 0 Å². The van der Waals surface area contributed by atoms with Crippen LogP contribution in [0.5, 0.6) is 5.75 Å². The highest BCUT2D eigenvalue weighted by Gasteiger charge is 2.15. The summed E-state index contributed by atoms with van der Waals surface area (Å²) >= 11 is 0. The van der Waals surface area contributed by atoms with Crippen molar-refractivity contribution in [1.29, 1.82) is 0 Å². The molecule has 0 fully saturated rings. The fraction of sp³-hybridized carbons (Fsp3) is 0.750. The largest absolute Gasteiger partial charge is 0.504 e. The van der Waals surface area contributed by atoms with Crippen molar-refractivity contribution < 1.29 is 5.11 Å². The standard InChI is InChI=1S/C12H22N2O/c1-5-7-8-11-12(15)10(4)14(13-11)9(3)6-2/h9,15H,5-8H2,1-4H3. The van der Waals surface area contributed by atoms with Gasteiger partial charge >= 0.3 is 0 Å². The van der Waals surface area contributed by atoms with Gasteiger partial charge in [0.25, 0.3) is 0 Å². The van der Waals surface area contributed by atoms with Gasteiger partial charge in [-0.3, -0.25) is 4.68 Å². The van der Waals surface area contributed by atoms with Crippen molar-refractivity contribution in [3.63, 3.8) is 0 Å². The minimum atomic E-state index is 0.367. The summed E-state index contributed by atoms with van der Waals surface area (Å²) in [6.07, 6.45) is 4.14. The van der Waals surface area contributed by atoms with E-state index in [1.807, 2.05) is 11.6 Å². The van der Waals surface area contributed by atoms with Gasteiger partial charge in [0.2, 0.25) is 0 Å². The van der Waals surface area contributed by atoms with Gasteiger partial charge in [0.15, 0.2) is 5.75 Å². The molecule has 0 aromatic carbocycles. The average molecular weight is 210 g/mol. The quantitative estimate of drug-likeness (QED) is 0.810. The topological polar surface area (TPSA) is 38.0 Å². The molecule has 15 heavy (non-hydrogen) atoms. The molecule has 0 aliphatic rings. The van der Waals surface area contributed by atoms with E-state index in [2.05, 4.69) is 25.9 Å². The molecule has 1 atom stereocenters. The van der Waals surface area contributed by atoms with Gasteiger partial charge in [-0.25, -0.2) is 0 Å². The van der Waals surface area contributed by atoms with Gasteiger partial charge in [0, 0.05) is 6.04 Å². The average Bonchev–Trinajstić information content (AvgIpc) is 2.53. The third-order valence-corrected chi connectivity index (χ3v) is 2.96. The minimum absolute atomic E-state index is 0.367. The Morgan fingerprint density at radius 3 is 2.60 bits per heavy atom. The first-order valence-corrected chi connectivity index (χ1v) is 5.88. The number of aromatic hydroxyl groups is 1. The zero-order valence-electron chi connectivity index (χ0n) is 10.2. The molecular weight excluding hydrogens is 188 g/mol. The summed E-state index contributed by atoms with van der Waals surface area (Å²) in [5, 5.41) is 14.4. The fourth-order valence-corrected chi connectivity index (χ4v) is 1.68. The van der Waals surface area contributed by atoms with Gasteiger partial charge in [-0.1, -0.05) is 20.3 Å². The van der Waals surface area contributed by atoms with Crippen LogP contribution in [0.2, 0.25) is 0 Å². The highest BCUT2D eigenvalue weighted by molar-refractivity contribution is 5.31. The van der Waals surface area contributed by atoms with E-state index in [9.17, 15) is 5.11 Å². The van der Waals surface area contributed by atoms with Crippen LogP contribution in [-0.2, 0) is 6.42 Å². The molecule has 0 bridgehead atoms. The lowest BCUT2D eigenvalue weighted by molar-refractivity contribution is 0.445. The summed E-state index contributed by atoms with van der Waals surface area (Å²) in [5.41, 5.74) is 1.75. The number of nitrogens with zero attached hydrogens (tertiary/aromatic N) is 2. The van der Waals surface area contributed by atoms with Crippen molar-refractivity contribution in [3.05, 3.63) is 11.4 Å². The Kier molecular flexibility index (Phi) is 4.18. The van der Waals surface area contributed by atoms with Crippen molar-refractivity contribution in [3.8, 4) is 5.75 Å². The first-order chi connectivity index (χ1) is 7.11. The monoisotopic (exact) mass is 210 g/mol. The second-order valence-corrected chi connectivity index (χ2v) is 4.19. The minimum Gasteiger partial charge on any atom is -0.504 e. The number of unbranched alkanes of at least 4 members (excludes halogenated alkanes) is 1. The molecule has 1 rings (SSSR count). The number of rotatable bonds is 5. The first kappa shape index (κ1) is 12.1. The molecule has 1 unspecified atom stereocenters. The second kappa shape index (κ2) is 5.19. The summed E-state index contributed by atoms with van der Waals surface area (Å²) < 4.78 is 1.94. The Morgan fingerprint density at radius 2 is 2.07 bits per heavy atom. The molecule has 1 aromatic rings. The van der Waals surface area contributed by atoms with E-state index in [1.165, 1.54) is 0 Å². The molecule has 3 nitrogen and oxygen atoms in total. The van der Waals surface area contributed by atoms with Crippen LogP contribution in [0.1, 0.15) is 57.5 Å². The van der Waals surface area contributed by atoms with E-state index in [-0.39, 0.29) is 0 Å². The number of hydrogen-bond donors (Lipinski definition) is 1. The fourth-order valence-electron chi connectivity index (χ4n) is 1.68. The zero-order chi connectivity index (χ0) is 11.4. The van der Waals surface area contributed by atoms with Gasteiger partial charge < -0.3 is 5.11 Å². The highest BCUT2D eigenvalue weighted by Crippen LogP contribution is 2.26. The molecule has 1 N–H and O–H groups in total. The Hall–Kier alpha value is -0.990. The lowest BCUT2D eigenvalue weighted by atomic mass is 10.2. The molecule has 86 valence electrons. The van der Waals surface area contributed by atoms with E-state index < -0.39 is 0 Å². The van der Waals surface area contributed by atoms with E-state index in [4.69, 9.17) is 0 Å². The van der Waals surface area contributed by atoms with E-state index in [0.29, 0.717) is 11.8 Å². The molecule has 3 heteroatoms. The second-order valence-electron chi connectivity index (χ2n) is 4.19. The van der Waals surface area contributed by atoms with Gasteiger partial charge in [-0.05, 0) is 33.1 Å². The zero-order valence-corrected chi connectivity index (χ0v) is 10.2. The van der Waals surface area contributed by atoms with Crippen LogP contribution in [-0.4, -0.2) is 14.9 Å². The van der Waals surface area contributed by atoms with Crippen LogP contribution in [0, 0.1) is 6.92 Å². The van der Waals surface area contributed by atoms with Gasteiger partial charge in [-0.2, -0.15) is 5.10 Å². The molecular formula is C12H22N2O.